The van der Waals surface area contributed by atoms with Crippen molar-refractivity contribution in [1.29, 1.82) is 0 Å². The lowest BCUT2D eigenvalue weighted by Crippen LogP contribution is -2.09. The van der Waals surface area contributed by atoms with Crippen LogP contribution in [0.1, 0.15) is 0 Å². The molecule has 0 saturated heterocycles. The van der Waals surface area contributed by atoms with E-state index < -0.39 is 0 Å². The molecule has 0 fully saturated rings. The second-order valence-corrected chi connectivity index (χ2v) is 28.3. The van der Waals surface area contributed by atoms with Crippen LogP contribution in [-0.4, -0.2) is 0 Å². The number of hydrogen-bond donors (Lipinski definition) is 0. The van der Waals surface area contributed by atoms with Gasteiger partial charge in [-0.05, 0) is 201 Å². The summed E-state index contributed by atoms with van der Waals surface area (Å²) >= 11 is 0. The highest BCUT2D eigenvalue weighted by Gasteiger charge is 2.22. The second-order valence-electron chi connectivity index (χ2n) is 28.3. The Hall–Kier alpha value is -14.6. The van der Waals surface area contributed by atoms with Gasteiger partial charge in [0.15, 0.2) is 0 Å². The molecule has 21 aromatic rings. The first kappa shape index (κ1) is 65.0. The first-order valence-corrected chi connectivity index (χ1v) is 37.6. The Morgan fingerprint density at radius 3 is 0.909 bits per heavy atom. The van der Waals surface area contributed by atoms with Crippen molar-refractivity contribution in [3.8, 4) is 77.9 Å². The van der Waals surface area contributed by atoms with E-state index in [9.17, 15) is 0 Å². The SMILES string of the molecule is c1ccc(-c2ccc(N(c3ccc(-c4cc(-c5ccccc5)c5oc6c(-c7ccccc7)cccc6c5c4)cc3)c3ccc4c(ccc5ccccc54)c3)cc2)cc1.c1ccc(-c2ccc(N(c3ccc(-c4ccc5oc6c(-c7ccccc7)cccc6c5c4)cc3)c3ccc4c(ccc5ccccc54)c3)cc2)cc1. The normalized spacial score (nSPS) is 11.5. The Labute approximate surface area is 638 Å². The van der Waals surface area contributed by atoms with Crippen LogP contribution in [0.25, 0.3) is 165 Å². The maximum Gasteiger partial charge on any atom is 0.143 e. The molecule has 19 aromatic carbocycles. The van der Waals surface area contributed by atoms with Crippen molar-refractivity contribution >= 4 is 121 Å². The minimum Gasteiger partial charge on any atom is -0.455 e. The van der Waals surface area contributed by atoms with Crippen molar-refractivity contribution in [3.63, 3.8) is 0 Å². The zero-order valence-electron chi connectivity index (χ0n) is 60.1. The quantitative estimate of drug-likeness (QED) is 0.108. The van der Waals surface area contributed by atoms with Gasteiger partial charge < -0.3 is 18.6 Å². The van der Waals surface area contributed by atoms with Crippen LogP contribution >= 0.6 is 0 Å². The molecular formula is C106H70N2O2. The molecule has 4 heteroatoms. The average Bonchev–Trinajstić information content (AvgIpc) is 1.60. The highest BCUT2D eigenvalue weighted by molar-refractivity contribution is 6.16. The van der Waals surface area contributed by atoms with Gasteiger partial charge in [-0.2, -0.15) is 0 Å². The van der Waals surface area contributed by atoms with E-state index in [1.165, 1.54) is 65.3 Å². The van der Waals surface area contributed by atoms with E-state index in [1.807, 2.05) is 6.07 Å². The topological polar surface area (TPSA) is 32.8 Å². The predicted molar refractivity (Wildman–Crippen MR) is 465 cm³/mol. The molecule has 0 N–H and O–H groups in total. The number of furan rings is 2. The fourth-order valence-corrected chi connectivity index (χ4v) is 16.2. The lowest BCUT2D eigenvalue weighted by atomic mass is 9.95. The highest BCUT2D eigenvalue weighted by Crippen LogP contribution is 2.46. The molecule has 2 aromatic heterocycles. The molecule has 0 aliphatic rings. The molecule has 0 radical (unpaired) electrons. The van der Waals surface area contributed by atoms with Crippen molar-refractivity contribution in [2.45, 2.75) is 0 Å². The molecule has 0 unspecified atom stereocenters. The molecule has 0 aliphatic heterocycles. The van der Waals surface area contributed by atoms with Crippen LogP contribution in [0, 0.1) is 0 Å². The molecule has 0 atom stereocenters. The van der Waals surface area contributed by atoms with E-state index in [4.69, 9.17) is 8.83 Å². The van der Waals surface area contributed by atoms with Crippen molar-refractivity contribution in [2.75, 3.05) is 9.80 Å². The largest absolute Gasteiger partial charge is 0.455 e. The van der Waals surface area contributed by atoms with Crippen LogP contribution < -0.4 is 9.80 Å². The van der Waals surface area contributed by atoms with Gasteiger partial charge in [0, 0.05) is 72.4 Å². The third-order valence-electron chi connectivity index (χ3n) is 21.7. The number of para-hydroxylation sites is 2. The minimum atomic E-state index is 0.896. The van der Waals surface area contributed by atoms with Crippen molar-refractivity contribution in [2.24, 2.45) is 0 Å². The molecule has 0 bridgehead atoms. The zero-order chi connectivity index (χ0) is 72.9. The summed E-state index contributed by atoms with van der Waals surface area (Å²) in [6.07, 6.45) is 0. The van der Waals surface area contributed by atoms with Gasteiger partial charge in [-0.15, -0.1) is 0 Å². The van der Waals surface area contributed by atoms with Crippen molar-refractivity contribution in [1.82, 2.24) is 0 Å². The average molecular weight is 1400 g/mol. The Morgan fingerprint density at radius 2 is 0.455 bits per heavy atom. The molecule has 0 spiro atoms. The van der Waals surface area contributed by atoms with Gasteiger partial charge in [-0.3, -0.25) is 0 Å². The third-order valence-corrected chi connectivity index (χ3v) is 21.7. The van der Waals surface area contributed by atoms with E-state index in [0.717, 1.165) is 134 Å². The zero-order valence-corrected chi connectivity index (χ0v) is 60.1. The Morgan fingerprint density at radius 1 is 0.145 bits per heavy atom. The smallest absolute Gasteiger partial charge is 0.143 e. The van der Waals surface area contributed by atoms with Crippen LogP contribution in [0.2, 0.25) is 0 Å². The number of nitrogens with zero attached hydrogens (tertiary/aromatic N) is 2. The maximum atomic E-state index is 6.85. The summed E-state index contributed by atoms with van der Waals surface area (Å²) < 4.78 is 13.3. The molecule has 516 valence electrons. The monoisotopic (exact) mass is 1400 g/mol. The van der Waals surface area contributed by atoms with Gasteiger partial charge in [0.05, 0.1) is 0 Å². The van der Waals surface area contributed by atoms with E-state index in [1.54, 1.807) is 0 Å². The first-order valence-electron chi connectivity index (χ1n) is 37.6. The number of fused-ring (bicyclic) bond motifs is 12. The lowest BCUT2D eigenvalue weighted by molar-refractivity contribution is 0.670. The Kier molecular flexibility index (Phi) is 16.6. The summed E-state index contributed by atoms with van der Waals surface area (Å²) in [7, 11) is 0. The molecule has 21 rings (SSSR count). The molecule has 0 amide bonds. The summed E-state index contributed by atoms with van der Waals surface area (Å²) in [4.78, 5) is 4.71. The van der Waals surface area contributed by atoms with Gasteiger partial charge in [0.25, 0.3) is 0 Å². The van der Waals surface area contributed by atoms with Gasteiger partial charge in [-0.1, -0.05) is 328 Å². The summed E-state index contributed by atoms with van der Waals surface area (Å²) in [5.74, 6) is 0. The predicted octanol–water partition coefficient (Wildman–Crippen LogP) is 30.4. The third kappa shape index (κ3) is 12.1. The number of hydrogen-bond acceptors (Lipinski definition) is 4. The summed E-state index contributed by atoms with van der Waals surface area (Å²) in [6.45, 7) is 0. The molecule has 4 nitrogen and oxygen atoms in total. The van der Waals surface area contributed by atoms with Gasteiger partial charge in [0.1, 0.15) is 22.3 Å². The molecule has 110 heavy (non-hydrogen) atoms. The maximum absolute atomic E-state index is 6.85. The van der Waals surface area contributed by atoms with E-state index in [-0.39, 0.29) is 0 Å². The molecule has 0 saturated carbocycles. The fraction of sp³-hybridized carbons (Fsp3) is 0. The van der Waals surface area contributed by atoms with Crippen molar-refractivity contribution in [3.05, 3.63) is 425 Å². The lowest BCUT2D eigenvalue weighted by Gasteiger charge is -2.26. The first-order chi connectivity index (χ1) is 54.5. The molecule has 2 heterocycles. The Bertz CT molecular complexity index is 6960. The standard InChI is InChI=1S/C56H37NO.C50H33NO/c1-4-13-38(14-5-1)39-25-29-46(30-26-39)57(48-33-34-50-44(35-48)24-23-43-19-10-11-20-49(43)50)47-31-27-40(28-32-47)45-36-53(42-17-8-3-9-18-42)56-54(37-45)52-22-12-21-51(55(52)58-56)41-15-6-2-7-16-41;1-3-10-34(11-4-1)35-20-25-41(26-21-35)51(43-29-30-45-40(32-43)19-18-38-14-7-8-15-44(38)45)42-27-22-36(23-28-42)39-24-31-49-48(33-39)47-17-9-16-46(50(47)52-49)37-12-5-2-6-13-37/h1-37H;1-33H. The minimum absolute atomic E-state index is 0.896. The number of rotatable bonds is 13. The van der Waals surface area contributed by atoms with Gasteiger partial charge in [-0.25, -0.2) is 0 Å². The Balaban J connectivity index is 0.000000145. The highest BCUT2D eigenvalue weighted by atomic mass is 16.3. The van der Waals surface area contributed by atoms with Crippen LogP contribution in [0.5, 0.6) is 0 Å². The van der Waals surface area contributed by atoms with E-state index in [2.05, 4.69) is 428 Å². The van der Waals surface area contributed by atoms with Crippen LogP contribution in [0.4, 0.5) is 34.1 Å². The second kappa shape index (κ2) is 28.0. The summed E-state index contributed by atoms with van der Waals surface area (Å²) in [6, 6.07) is 152. The van der Waals surface area contributed by atoms with Gasteiger partial charge >= 0.3 is 0 Å². The summed E-state index contributed by atoms with van der Waals surface area (Å²) in [5.41, 5.74) is 26.3. The number of benzene rings is 19. The van der Waals surface area contributed by atoms with E-state index in [0.29, 0.717) is 0 Å². The van der Waals surface area contributed by atoms with Crippen LogP contribution in [0.3, 0.4) is 0 Å². The van der Waals surface area contributed by atoms with Crippen LogP contribution in [-0.2, 0) is 0 Å². The fourth-order valence-electron chi connectivity index (χ4n) is 16.2. The van der Waals surface area contributed by atoms with Crippen molar-refractivity contribution < 1.29 is 8.83 Å². The number of anilines is 6. The van der Waals surface area contributed by atoms with E-state index >= 15 is 0 Å². The summed E-state index contributed by atoms with van der Waals surface area (Å²) in [5, 5.41) is 14.5. The van der Waals surface area contributed by atoms with Gasteiger partial charge in [0.2, 0.25) is 0 Å². The van der Waals surface area contributed by atoms with Crippen LogP contribution in [0.15, 0.2) is 433 Å². The molecule has 0 aliphatic carbocycles. The molecular weight excluding hydrogens is 1330 g/mol.